The fraction of sp³-hybridized carbons (Fsp3) is 0.211. The number of pyridine rings is 1. The zero-order valence-electron chi connectivity index (χ0n) is 12.4. The molecule has 21 heavy (non-hydrogen) atoms. The molecule has 0 fully saturated rings. The first-order valence-electron chi connectivity index (χ1n) is 7.23. The van der Waals surface area contributed by atoms with Crippen molar-refractivity contribution in [1.82, 2.24) is 4.98 Å². The van der Waals surface area contributed by atoms with Gasteiger partial charge in [-0.1, -0.05) is 42.0 Å². The number of hydrogen-bond donors (Lipinski definition) is 1. The second-order valence-corrected chi connectivity index (χ2v) is 5.57. The SMILES string of the molecule is Cc1ccc(C(O)Cc2ccnc3ccccc23)c(C)c1. The van der Waals surface area contributed by atoms with Crippen molar-refractivity contribution < 1.29 is 5.11 Å². The van der Waals surface area contributed by atoms with Crippen LogP contribution in [0, 0.1) is 13.8 Å². The molecule has 1 aromatic heterocycles. The van der Waals surface area contributed by atoms with Gasteiger partial charge in [-0.15, -0.1) is 0 Å². The van der Waals surface area contributed by atoms with Crippen molar-refractivity contribution in [3.05, 3.63) is 77.0 Å². The zero-order valence-corrected chi connectivity index (χ0v) is 12.4. The Kier molecular flexibility index (Phi) is 3.72. The molecule has 0 amide bonds. The summed E-state index contributed by atoms with van der Waals surface area (Å²) < 4.78 is 0. The lowest BCUT2D eigenvalue weighted by atomic mass is 9.95. The van der Waals surface area contributed by atoms with E-state index in [4.69, 9.17) is 0 Å². The average molecular weight is 277 g/mol. The van der Waals surface area contributed by atoms with E-state index in [1.807, 2.05) is 36.5 Å². The molecular weight excluding hydrogens is 258 g/mol. The van der Waals surface area contributed by atoms with E-state index < -0.39 is 6.10 Å². The van der Waals surface area contributed by atoms with Gasteiger partial charge in [0.2, 0.25) is 0 Å². The predicted molar refractivity (Wildman–Crippen MR) is 86.3 cm³/mol. The van der Waals surface area contributed by atoms with Gasteiger partial charge in [-0.05, 0) is 42.7 Å². The van der Waals surface area contributed by atoms with Gasteiger partial charge in [0.05, 0.1) is 11.6 Å². The zero-order chi connectivity index (χ0) is 14.8. The average Bonchev–Trinajstić information content (AvgIpc) is 2.47. The molecule has 0 radical (unpaired) electrons. The third-order valence-electron chi connectivity index (χ3n) is 3.94. The number of rotatable bonds is 3. The van der Waals surface area contributed by atoms with Crippen LogP contribution >= 0.6 is 0 Å². The lowest BCUT2D eigenvalue weighted by molar-refractivity contribution is 0.178. The summed E-state index contributed by atoms with van der Waals surface area (Å²) in [6, 6.07) is 16.2. The molecule has 0 saturated heterocycles. The summed E-state index contributed by atoms with van der Waals surface area (Å²) >= 11 is 0. The number of aromatic nitrogens is 1. The molecule has 0 aliphatic rings. The van der Waals surface area contributed by atoms with Crippen LogP contribution in [0.25, 0.3) is 10.9 Å². The van der Waals surface area contributed by atoms with Crippen LogP contribution in [-0.2, 0) is 6.42 Å². The number of hydrogen-bond acceptors (Lipinski definition) is 2. The van der Waals surface area contributed by atoms with Crippen LogP contribution in [0.4, 0.5) is 0 Å². The summed E-state index contributed by atoms with van der Waals surface area (Å²) in [4.78, 5) is 4.37. The van der Waals surface area contributed by atoms with Gasteiger partial charge >= 0.3 is 0 Å². The van der Waals surface area contributed by atoms with E-state index in [1.165, 1.54) is 5.56 Å². The Morgan fingerprint density at radius 2 is 1.86 bits per heavy atom. The van der Waals surface area contributed by atoms with Crippen LogP contribution in [0.3, 0.4) is 0 Å². The number of nitrogens with zero attached hydrogens (tertiary/aromatic N) is 1. The smallest absolute Gasteiger partial charge is 0.0833 e. The van der Waals surface area contributed by atoms with E-state index in [0.29, 0.717) is 6.42 Å². The minimum atomic E-state index is -0.489. The van der Waals surface area contributed by atoms with Crippen LogP contribution in [0.15, 0.2) is 54.7 Å². The molecule has 1 heterocycles. The Balaban J connectivity index is 1.94. The van der Waals surface area contributed by atoms with E-state index in [2.05, 4.69) is 37.0 Å². The van der Waals surface area contributed by atoms with Crippen LogP contribution in [-0.4, -0.2) is 10.1 Å². The molecule has 3 aromatic rings. The van der Waals surface area contributed by atoms with Crippen LogP contribution in [0.2, 0.25) is 0 Å². The molecule has 0 spiro atoms. The van der Waals surface area contributed by atoms with Crippen LogP contribution in [0.1, 0.15) is 28.4 Å². The van der Waals surface area contributed by atoms with Crippen molar-refractivity contribution in [2.45, 2.75) is 26.4 Å². The first kappa shape index (κ1) is 13.8. The summed E-state index contributed by atoms with van der Waals surface area (Å²) in [7, 11) is 0. The molecule has 3 rings (SSSR count). The van der Waals surface area contributed by atoms with Gasteiger partial charge in [0.15, 0.2) is 0 Å². The standard InChI is InChI=1S/C19H19NO/c1-13-7-8-16(14(2)11-13)19(21)12-15-9-10-20-18-6-4-3-5-17(15)18/h3-11,19,21H,12H2,1-2H3. The molecule has 0 aliphatic heterocycles. The molecule has 0 saturated carbocycles. The van der Waals surface area contributed by atoms with Crippen LogP contribution < -0.4 is 0 Å². The van der Waals surface area contributed by atoms with Gasteiger partial charge in [0, 0.05) is 18.0 Å². The number of aliphatic hydroxyl groups is 1. The quantitative estimate of drug-likeness (QED) is 0.781. The Bertz CT molecular complexity index is 774. The normalized spacial score (nSPS) is 12.5. The molecule has 1 unspecified atom stereocenters. The van der Waals surface area contributed by atoms with Crippen LogP contribution in [0.5, 0.6) is 0 Å². The van der Waals surface area contributed by atoms with Crippen molar-refractivity contribution in [3.63, 3.8) is 0 Å². The first-order chi connectivity index (χ1) is 10.1. The first-order valence-corrected chi connectivity index (χ1v) is 7.23. The Morgan fingerprint density at radius 1 is 1.05 bits per heavy atom. The van der Waals surface area contributed by atoms with E-state index in [1.54, 1.807) is 0 Å². The van der Waals surface area contributed by atoms with Crippen molar-refractivity contribution in [2.75, 3.05) is 0 Å². The minimum Gasteiger partial charge on any atom is -0.388 e. The summed E-state index contributed by atoms with van der Waals surface area (Å²) in [6.07, 6.45) is 1.93. The third kappa shape index (κ3) is 2.81. The van der Waals surface area contributed by atoms with Gasteiger partial charge in [0.25, 0.3) is 0 Å². The van der Waals surface area contributed by atoms with Gasteiger partial charge < -0.3 is 5.11 Å². The number of benzene rings is 2. The van der Waals surface area contributed by atoms with Gasteiger partial charge in [-0.2, -0.15) is 0 Å². The molecule has 0 aliphatic carbocycles. The van der Waals surface area contributed by atoms with Gasteiger partial charge in [-0.3, -0.25) is 4.98 Å². The lowest BCUT2D eigenvalue weighted by Gasteiger charge is -2.15. The van der Waals surface area contributed by atoms with Gasteiger partial charge in [0.1, 0.15) is 0 Å². The topological polar surface area (TPSA) is 33.1 Å². The number of fused-ring (bicyclic) bond motifs is 1. The molecule has 1 N–H and O–H groups in total. The fourth-order valence-corrected chi connectivity index (χ4v) is 2.85. The molecule has 2 nitrogen and oxygen atoms in total. The van der Waals surface area contributed by atoms with Crippen molar-refractivity contribution in [3.8, 4) is 0 Å². The molecule has 2 heteroatoms. The van der Waals surface area contributed by atoms with E-state index in [9.17, 15) is 5.11 Å². The lowest BCUT2D eigenvalue weighted by Crippen LogP contribution is -2.04. The van der Waals surface area contributed by atoms with E-state index in [0.717, 1.165) is 27.6 Å². The summed E-state index contributed by atoms with van der Waals surface area (Å²) in [6.45, 7) is 4.12. The highest BCUT2D eigenvalue weighted by molar-refractivity contribution is 5.81. The Morgan fingerprint density at radius 3 is 2.67 bits per heavy atom. The highest BCUT2D eigenvalue weighted by Crippen LogP contribution is 2.25. The van der Waals surface area contributed by atoms with Crippen molar-refractivity contribution in [2.24, 2.45) is 0 Å². The minimum absolute atomic E-state index is 0.489. The number of aryl methyl sites for hydroxylation is 2. The largest absolute Gasteiger partial charge is 0.388 e. The van der Waals surface area contributed by atoms with Crippen molar-refractivity contribution in [1.29, 1.82) is 0 Å². The summed E-state index contributed by atoms with van der Waals surface area (Å²) in [5, 5.41) is 11.7. The highest BCUT2D eigenvalue weighted by atomic mass is 16.3. The highest BCUT2D eigenvalue weighted by Gasteiger charge is 2.13. The molecular formula is C19H19NO. The Labute approximate surface area is 125 Å². The molecule has 106 valence electrons. The van der Waals surface area contributed by atoms with E-state index in [-0.39, 0.29) is 0 Å². The molecule has 0 bridgehead atoms. The molecule has 1 atom stereocenters. The Hall–Kier alpha value is -2.19. The molecule has 2 aromatic carbocycles. The van der Waals surface area contributed by atoms with Gasteiger partial charge in [-0.25, -0.2) is 0 Å². The number of aliphatic hydroxyl groups excluding tert-OH is 1. The maximum Gasteiger partial charge on any atom is 0.0833 e. The fourth-order valence-electron chi connectivity index (χ4n) is 2.85. The van der Waals surface area contributed by atoms with Crippen molar-refractivity contribution >= 4 is 10.9 Å². The monoisotopic (exact) mass is 277 g/mol. The number of para-hydroxylation sites is 1. The maximum absolute atomic E-state index is 10.6. The maximum atomic E-state index is 10.6. The second-order valence-electron chi connectivity index (χ2n) is 5.57. The second kappa shape index (κ2) is 5.66. The third-order valence-corrected chi connectivity index (χ3v) is 3.94. The van der Waals surface area contributed by atoms with E-state index >= 15 is 0 Å². The predicted octanol–water partition coefficient (Wildman–Crippen LogP) is 4.13. The summed E-state index contributed by atoms with van der Waals surface area (Å²) in [5.74, 6) is 0. The summed E-state index contributed by atoms with van der Waals surface area (Å²) in [5.41, 5.74) is 5.47.